The van der Waals surface area contributed by atoms with Crippen molar-refractivity contribution < 1.29 is 4.79 Å². The van der Waals surface area contributed by atoms with E-state index in [0.717, 1.165) is 13.0 Å². The molecule has 0 atom stereocenters. The lowest BCUT2D eigenvalue weighted by Crippen LogP contribution is -2.16. The van der Waals surface area contributed by atoms with Gasteiger partial charge in [-0.2, -0.15) is 0 Å². The van der Waals surface area contributed by atoms with E-state index in [-0.39, 0.29) is 5.91 Å². The summed E-state index contributed by atoms with van der Waals surface area (Å²) in [6, 6.07) is 8.39. The van der Waals surface area contributed by atoms with E-state index in [9.17, 15) is 4.79 Å². The minimum absolute atomic E-state index is 0.250. The van der Waals surface area contributed by atoms with E-state index in [1.54, 1.807) is 36.5 Å². The van der Waals surface area contributed by atoms with Gasteiger partial charge < -0.3 is 10.6 Å². The first kappa shape index (κ1) is 15.6. The molecule has 2 aromatic rings. The second-order valence-corrected chi connectivity index (χ2v) is 5.22. The van der Waals surface area contributed by atoms with E-state index < -0.39 is 0 Å². The van der Waals surface area contributed by atoms with Crippen LogP contribution in [0.2, 0.25) is 10.0 Å². The third-order valence-electron chi connectivity index (χ3n) is 2.77. The molecule has 0 radical (unpaired) electrons. The van der Waals surface area contributed by atoms with Crippen molar-refractivity contribution >= 4 is 40.6 Å². The minimum atomic E-state index is -0.250. The van der Waals surface area contributed by atoms with Crippen LogP contribution in [0.3, 0.4) is 0 Å². The highest BCUT2D eigenvalue weighted by molar-refractivity contribution is 6.42. The molecule has 110 valence electrons. The van der Waals surface area contributed by atoms with Crippen molar-refractivity contribution in [2.45, 2.75) is 13.3 Å². The summed E-state index contributed by atoms with van der Waals surface area (Å²) in [7, 11) is 0. The summed E-state index contributed by atoms with van der Waals surface area (Å²) in [6.45, 7) is 2.80. The average molecular weight is 324 g/mol. The predicted octanol–water partition coefficient (Wildman–Crippen LogP) is 4.46. The Labute approximate surface area is 133 Å². The molecule has 2 rings (SSSR count). The van der Waals surface area contributed by atoms with Gasteiger partial charge in [0.05, 0.1) is 15.6 Å². The van der Waals surface area contributed by atoms with Crippen LogP contribution in [0.15, 0.2) is 36.5 Å². The van der Waals surface area contributed by atoms with Crippen molar-refractivity contribution in [2.75, 3.05) is 17.2 Å². The van der Waals surface area contributed by atoms with Crippen LogP contribution in [0.5, 0.6) is 0 Å². The Morgan fingerprint density at radius 3 is 2.76 bits per heavy atom. The molecule has 1 heterocycles. The molecule has 4 nitrogen and oxygen atoms in total. The first-order valence-electron chi connectivity index (χ1n) is 6.57. The van der Waals surface area contributed by atoms with Crippen LogP contribution in [0, 0.1) is 0 Å². The molecule has 6 heteroatoms. The largest absolute Gasteiger partial charge is 0.369 e. The number of anilines is 2. The Hall–Kier alpha value is -1.78. The molecule has 1 amide bonds. The molecule has 21 heavy (non-hydrogen) atoms. The lowest BCUT2D eigenvalue weighted by Gasteiger charge is -2.11. The standard InChI is InChI=1S/C15H15Cl2N3O/c1-2-7-18-14-11(4-3-8-19-14)15(21)20-10-5-6-12(16)13(17)9-10/h3-6,8-9H,2,7H2,1H3,(H,18,19)(H,20,21). The lowest BCUT2D eigenvalue weighted by molar-refractivity contribution is 0.102. The van der Waals surface area contributed by atoms with Crippen molar-refractivity contribution in [2.24, 2.45) is 0 Å². The number of hydrogen-bond acceptors (Lipinski definition) is 3. The molecule has 0 aliphatic carbocycles. The van der Waals surface area contributed by atoms with Crippen LogP contribution in [0.4, 0.5) is 11.5 Å². The number of nitrogens with zero attached hydrogens (tertiary/aromatic N) is 1. The normalized spacial score (nSPS) is 10.2. The number of benzene rings is 1. The summed E-state index contributed by atoms with van der Waals surface area (Å²) >= 11 is 11.8. The lowest BCUT2D eigenvalue weighted by atomic mass is 10.2. The number of carbonyl (C=O) groups excluding carboxylic acids is 1. The van der Waals surface area contributed by atoms with Crippen LogP contribution in [-0.2, 0) is 0 Å². The van der Waals surface area contributed by atoms with E-state index in [4.69, 9.17) is 23.2 Å². The number of hydrogen-bond donors (Lipinski definition) is 2. The highest BCUT2D eigenvalue weighted by atomic mass is 35.5. The van der Waals surface area contributed by atoms with Crippen molar-refractivity contribution in [3.63, 3.8) is 0 Å². The Kier molecular flexibility index (Phi) is 5.42. The van der Waals surface area contributed by atoms with Gasteiger partial charge >= 0.3 is 0 Å². The Morgan fingerprint density at radius 1 is 1.24 bits per heavy atom. The van der Waals surface area contributed by atoms with Crippen molar-refractivity contribution in [3.8, 4) is 0 Å². The summed E-state index contributed by atoms with van der Waals surface area (Å²) in [5.41, 5.74) is 1.07. The molecule has 2 N–H and O–H groups in total. The molecular weight excluding hydrogens is 309 g/mol. The maximum absolute atomic E-state index is 12.3. The molecule has 0 saturated heterocycles. The average Bonchev–Trinajstić information content (AvgIpc) is 2.49. The highest BCUT2D eigenvalue weighted by Crippen LogP contribution is 2.25. The number of rotatable bonds is 5. The number of carbonyl (C=O) groups is 1. The topological polar surface area (TPSA) is 54.0 Å². The van der Waals surface area contributed by atoms with E-state index in [1.165, 1.54) is 0 Å². The van der Waals surface area contributed by atoms with Crippen LogP contribution < -0.4 is 10.6 Å². The maximum atomic E-state index is 12.3. The van der Waals surface area contributed by atoms with Gasteiger partial charge in [0.2, 0.25) is 0 Å². The van der Waals surface area contributed by atoms with E-state index >= 15 is 0 Å². The Morgan fingerprint density at radius 2 is 2.05 bits per heavy atom. The highest BCUT2D eigenvalue weighted by Gasteiger charge is 2.12. The van der Waals surface area contributed by atoms with Crippen LogP contribution in [0.25, 0.3) is 0 Å². The smallest absolute Gasteiger partial charge is 0.259 e. The van der Waals surface area contributed by atoms with Gasteiger partial charge in [-0.25, -0.2) is 4.98 Å². The predicted molar refractivity (Wildman–Crippen MR) is 87.4 cm³/mol. The van der Waals surface area contributed by atoms with Gasteiger partial charge in [0.1, 0.15) is 5.82 Å². The molecule has 0 saturated carbocycles. The zero-order valence-electron chi connectivity index (χ0n) is 11.5. The Balaban J connectivity index is 2.18. The molecular formula is C15H15Cl2N3O. The summed E-state index contributed by atoms with van der Waals surface area (Å²) in [4.78, 5) is 16.5. The molecule has 1 aromatic heterocycles. The summed E-state index contributed by atoms with van der Waals surface area (Å²) < 4.78 is 0. The molecule has 0 spiro atoms. The molecule has 0 aliphatic heterocycles. The van der Waals surface area contributed by atoms with Crippen molar-refractivity contribution in [1.82, 2.24) is 4.98 Å². The van der Waals surface area contributed by atoms with E-state index in [1.807, 2.05) is 6.92 Å². The van der Waals surface area contributed by atoms with Gasteiger partial charge in [-0.05, 0) is 36.8 Å². The quantitative estimate of drug-likeness (QED) is 0.853. The summed E-state index contributed by atoms with van der Waals surface area (Å²) in [5, 5.41) is 6.75. The third kappa shape index (κ3) is 4.09. The van der Waals surface area contributed by atoms with Gasteiger partial charge in [-0.1, -0.05) is 30.1 Å². The number of halogens is 2. The zero-order valence-corrected chi connectivity index (χ0v) is 13.0. The molecule has 0 unspecified atom stereocenters. The van der Waals surface area contributed by atoms with Gasteiger partial charge in [0, 0.05) is 18.4 Å². The maximum Gasteiger partial charge on any atom is 0.259 e. The second kappa shape index (κ2) is 7.29. The third-order valence-corrected chi connectivity index (χ3v) is 3.51. The minimum Gasteiger partial charge on any atom is -0.369 e. The van der Waals surface area contributed by atoms with Gasteiger partial charge in [0.15, 0.2) is 0 Å². The summed E-state index contributed by atoms with van der Waals surface area (Å²) in [5.74, 6) is 0.317. The first-order chi connectivity index (χ1) is 10.1. The monoisotopic (exact) mass is 323 g/mol. The van der Waals surface area contributed by atoms with Crippen molar-refractivity contribution in [3.05, 3.63) is 52.1 Å². The van der Waals surface area contributed by atoms with E-state index in [2.05, 4.69) is 15.6 Å². The first-order valence-corrected chi connectivity index (χ1v) is 7.32. The fourth-order valence-corrected chi connectivity index (χ4v) is 2.04. The molecule has 0 bridgehead atoms. The van der Waals surface area contributed by atoms with Crippen LogP contribution in [-0.4, -0.2) is 17.4 Å². The number of amides is 1. The fourth-order valence-electron chi connectivity index (χ4n) is 1.75. The van der Waals surface area contributed by atoms with Gasteiger partial charge in [-0.3, -0.25) is 4.79 Å². The van der Waals surface area contributed by atoms with Crippen LogP contribution >= 0.6 is 23.2 Å². The van der Waals surface area contributed by atoms with Crippen LogP contribution in [0.1, 0.15) is 23.7 Å². The van der Waals surface area contributed by atoms with Crippen molar-refractivity contribution in [1.29, 1.82) is 0 Å². The molecule has 0 aliphatic rings. The number of pyridine rings is 1. The zero-order chi connectivity index (χ0) is 15.2. The van der Waals surface area contributed by atoms with Gasteiger partial charge in [0.25, 0.3) is 5.91 Å². The SMILES string of the molecule is CCCNc1ncccc1C(=O)Nc1ccc(Cl)c(Cl)c1. The van der Waals surface area contributed by atoms with Gasteiger partial charge in [-0.15, -0.1) is 0 Å². The fraction of sp³-hybridized carbons (Fsp3) is 0.200. The number of aromatic nitrogens is 1. The number of nitrogens with one attached hydrogen (secondary N) is 2. The summed E-state index contributed by atoms with van der Waals surface area (Å²) in [6.07, 6.45) is 2.60. The Bertz CT molecular complexity index is 647. The molecule has 0 fully saturated rings. The second-order valence-electron chi connectivity index (χ2n) is 4.41. The molecule has 1 aromatic carbocycles. The van der Waals surface area contributed by atoms with E-state index in [0.29, 0.717) is 27.1 Å².